The topological polar surface area (TPSA) is 56.5 Å². The van der Waals surface area contributed by atoms with Gasteiger partial charge in [-0.15, -0.1) is 0 Å². The van der Waals surface area contributed by atoms with Crippen molar-refractivity contribution in [3.63, 3.8) is 0 Å². The van der Waals surface area contributed by atoms with Crippen LogP contribution in [0.4, 0.5) is 0 Å². The second-order valence-electron chi connectivity index (χ2n) is 15.9. The molecule has 294 valence electrons. The Hall–Kier alpha value is -8.54. The van der Waals surface area contributed by atoms with E-state index in [9.17, 15) is 0 Å². The van der Waals surface area contributed by atoms with E-state index in [0.29, 0.717) is 17.5 Å². The molecule has 3 heterocycles. The van der Waals surface area contributed by atoms with Crippen LogP contribution in [0.15, 0.2) is 224 Å². The van der Waals surface area contributed by atoms with Crippen molar-refractivity contribution in [2.24, 2.45) is 0 Å². The van der Waals surface area contributed by atoms with Crippen LogP contribution in [0.3, 0.4) is 0 Å². The maximum absolute atomic E-state index is 5.44. The maximum atomic E-state index is 5.44. The Morgan fingerprint density at radius 1 is 0.254 bits per heavy atom. The Morgan fingerprint density at radius 2 is 0.714 bits per heavy atom. The van der Waals surface area contributed by atoms with E-state index in [2.05, 4.69) is 193 Å². The van der Waals surface area contributed by atoms with E-state index in [1.54, 1.807) is 0 Å². The maximum Gasteiger partial charge on any atom is 0.164 e. The van der Waals surface area contributed by atoms with Gasteiger partial charge in [0.05, 0.1) is 22.2 Å². The van der Waals surface area contributed by atoms with Crippen LogP contribution in [0, 0.1) is 0 Å². The monoisotopic (exact) mass is 803 g/mol. The molecule has 0 fully saturated rings. The van der Waals surface area contributed by atoms with Crippen LogP contribution < -0.4 is 0 Å². The van der Waals surface area contributed by atoms with Crippen LogP contribution in [0.1, 0.15) is 0 Å². The Labute approximate surface area is 364 Å². The zero-order valence-electron chi connectivity index (χ0n) is 34.1. The van der Waals surface area contributed by atoms with Gasteiger partial charge < -0.3 is 4.57 Å². The van der Waals surface area contributed by atoms with Gasteiger partial charge in [-0.25, -0.2) is 19.9 Å². The van der Waals surface area contributed by atoms with Crippen LogP contribution in [0.25, 0.3) is 117 Å². The lowest BCUT2D eigenvalue weighted by atomic mass is 9.96. The number of aromatic nitrogens is 5. The second-order valence-corrected chi connectivity index (χ2v) is 15.9. The highest BCUT2D eigenvalue weighted by molar-refractivity contribution is 6.20. The zero-order chi connectivity index (χ0) is 41.7. The molecule has 9 aromatic carbocycles. The molecule has 0 saturated carbocycles. The number of hydrogen-bond donors (Lipinski definition) is 0. The van der Waals surface area contributed by atoms with Crippen LogP contribution in [-0.4, -0.2) is 24.5 Å². The highest BCUT2D eigenvalue weighted by atomic mass is 15.0. The SMILES string of the molecule is c1ccc(-c2ccc(-c3nc(-c4ccccc4)nc(-c4ccc(-c5ccc6c(c5)nc(-c5ccccc5)c5cc7c8ccccc8n(-c8ccccc8)c7cc56)cc4)n3)cc2)cc1. The summed E-state index contributed by atoms with van der Waals surface area (Å²) in [5.41, 5.74) is 13.7. The molecule has 0 spiro atoms. The van der Waals surface area contributed by atoms with Gasteiger partial charge in [-0.3, -0.25) is 0 Å². The number of pyridine rings is 1. The standard InChI is InChI=1S/C58H37N5/c1-5-15-38(16-6-1)39-25-29-43(30-26-39)57-60-56(42-19-9-3-10-20-42)61-58(62-57)44-31-27-40(28-32-44)45-33-34-47-49-37-54-50(36-51(49)55(59-52(47)35-45)41-17-7-2-8-18-41)48-23-13-14-24-53(48)63(54)46-21-11-4-12-22-46/h1-37H. The molecule has 3 aromatic heterocycles. The third-order valence-electron chi connectivity index (χ3n) is 12.0. The molecule has 5 heteroatoms. The number of para-hydroxylation sites is 2. The molecule has 0 aliphatic heterocycles. The first-order valence-electron chi connectivity index (χ1n) is 21.2. The first-order chi connectivity index (χ1) is 31.2. The highest BCUT2D eigenvalue weighted by Gasteiger charge is 2.19. The predicted molar refractivity (Wildman–Crippen MR) is 260 cm³/mol. The van der Waals surface area contributed by atoms with Crippen LogP contribution in [-0.2, 0) is 0 Å². The smallest absolute Gasteiger partial charge is 0.164 e. The van der Waals surface area contributed by atoms with Gasteiger partial charge in [-0.05, 0) is 64.0 Å². The molecular formula is C58H37N5. The average Bonchev–Trinajstić information content (AvgIpc) is 3.69. The summed E-state index contributed by atoms with van der Waals surface area (Å²) in [6, 6.07) is 78.7. The third kappa shape index (κ3) is 6.51. The van der Waals surface area contributed by atoms with Crippen molar-refractivity contribution < 1.29 is 0 Å². The van der Waals surface area contributed by atoms with Crippen molar-refractivity contribution in [3.8, 4) is 73.4 Å². The van der Waals surface area contributed by atoms with Gasteiger partial charge in [0, 0.05) is 49.5 Å². The molecule has 12 aromatic rings. The number of nitrogens with zero attached hydrogens (tertiary/aromatic N) is 5. The van der Waals surface area contributed by atoms with Crippen LogP contribution in [0.2, 0.25) is 0 Å². The van der Waals surface area contributed by atoms with E-state index < -0.39 is 0 Å². The van der Waals surface area contributed by atoms with Gasteiger partial charge in [-0.1, -0.05) is 188 Å². The van der Waals surface area contributed by atoms with Crippen molar-refractivity contribution in [3.05, 3.63) is 224 Å². The van der Waals surface area contributed by atoms with Crippen LogP contribution in [0.5, 0.6) is 0 Å². The fourth-order valence-corrected chi connectivity index (χ4v) is 8.92. The molecule has 12 rings (SSSR count). The summed E-state index contributed by atoms with van der Waals surface area (Å²) in [6.45, 7) is 0. The molecule has 0 radical (unpaired) electrons. The van der Waals surface area contributed by atoms with E-state index in [0.717, 1.165) is 66.6 Å². The number of fused-ring (bicyclic) bond motifs is 6. The molecule has 0 bridgehead atoms. The van der Waals surface area contributed by atoms with Crippen molar-refractivity contribution >= 4 is 43.5 Å². The van der Waals surface area contributed by atoms with E-state index in [1.807, 2.05) is 36.4 Å². The summed E-state index contributed by atoms with van der Waals surface area (Å²) < 4.78 is 2.38. The molecule has 0 saturated heterocycles. The van der Waals surface area contributed by atoms with E-state index in [1.165, 1.54) is 32.8 Å². The van der Waals surface area contributed by atoms with Crippen molar-refractivity contribution in [1.82, 2.24) is 24.5 Å². The summed E-state index contributed by atoms with van der Waals surface area (Å²) in [5, 5.41) is 5.84. The molecule has 0 atom stereocenters. The van der Waals surface area contributed by atoms with Gasteiger partial charge in [0.25, 0.3) is 0 Å². The Morgan fingerprint density at radius 3 is 1.33 bits per heavy atom. The quantitative estimate of drug-likeness (QED) is 0.151. The summed E-state index contributed by atoms with van der Waals surface area (Å²) >= 11 is 0. The van der Waals surface area contributed by atoms with E-state index in [-0.39, 0.29) is 0 Å². The predicted octanol–water partition coefficient (Wildman–Crippen LogP) is 14.7. The molecular weight excluding hydrogens is 767 g/mol. The molecule has 0 amide bonds. The van der Waals surface area contributed by atoms with Gasteiger partial charge in [0.1, 0.15) is 0 Å². The first-order valence-corrected chi connectivity index (χ1v) is 21.2. The minimum Gasteiger partial charge on any atom is -0.309 e. The lowest BCUT2D eigenvalue weighted by Gasteiger charge is -2.13. The first kappa shape index (κ1) is 36.3. The summed E-state index contributed by atoms with van der Waals surface area (Å²) in [4.78, 5) is 20.4. The molecule has 5 nitrogen and oxygen atoms in total. The fraction of sp³-hybridized carbons (Fsp3) is 0. The molecule has 0 N–H and O–H groups in total. The summed E-state index contributed by atoms with van der Waals surface area (Å²) in [6.07, 6.45) is 0. The number of rotatable bonds is 7. The Kier molecular flexibility index (Phi) is 8.75. The minimum atomic E-state index is 0.621. The van der Waals surface area contributed by atoms with Crippen LogP contribution >= 0.6 is 0 Å². The van der Waals surface area contributed by atoms with Gasteiger partial charge in [-0.2, -0.15) is 0 Å². The fourth-order valence-electron chi connectivity index (χ4n) is 8.92. The number of hydrogen-bond acceptors (Lipinski definition) is 4. The highest BCUT2D eigenvalue weighted by Crippen LogP contribution is 2.41. The molecule has 0 aliphatic rings. The molecule has 0 aliphatic carbocycles. The summed E-state index contributed by atoms with van der Waals surface area (Å²) in [5.74, 6) is 1.89. The van der Waals surface area contributed by atoms with E-state index >= 15 is 0 Å². The Bertz CT molecular complexity index is 3620. The third-order valence-corrected chi connectivity index (χ3v) is 12.0. The Balaban J connectivity index is 0.968. The molecule has 0 unspecified atom stereocenters. The van der Waals surface area contributed by atoms with E-state index in [4.69, 9.17) is 19.9 Å². The normalized spacial score (nSPS) is 11.5. The molecule has 63 heavy (non-hydrogen) atoms. The van der Waals surface area contributed by atoms with Crippen molar-refractivity contribution in [1.29, 1.82) is 0 Å². The number of benzene rings is 9. The minimum absolute atomic E-state index is 0.621. The lowest BCUT2D eigenvalue weighted by molar-refractivity contribution is 1.07. The van der Waals surface area contributed by atoms with Gasteiger partial charge in [0.2, 0.25) is 0 Å². The zero-order valence-corrected chi connectivity index (χ0v) is 34.1. The lowest BCUT2D eigenvalue weighted by Crippen LogP contribution is -2.00. The summed E-state index contributed by atoms with van der Waals surface area (Å²) in [7, 11) is 0. The van der Waals surface area contributed by atoms with Crippen molar-refractivity contribution in [2.75, 3.05) is 0 Å². The van der Waals surface area contributed by atoms with Gasteiger partial charge >= 0.3 is 0 Å². The second kappa shape index (κ2) is 15.2. The van der Waals surface area contributed by atoms with Gasteiger partial charge in [0.15, 0.2) is 17.5 Å². The largest absolute Gasteiger partial charge is 0.309 e. The average molecular weight is 804 g/mol. The van der Waals surface area contributed by atoms with Crippen molar-refractivity contribution in [2.45, 2.75) is 0 Å².